The Morgan fingerprint density at radius 1 is 0.850 bits per heavy atom. The highest BCUT2D eigenvalue weighted by molar-refractivity contribution is 5.74. The van der Waals surface area contributed by atoms with Crippen LogP contribution < -0.4 is 38.2 Å². The predicted molar refractivity (Wildman–Crippen MR) is 158 cm³/mol. The monoisotopic (exact) mass is 647 g/mol. The van der Waals surface area contributed by atoms with Crippen molar-refractivity contribution >= 4 is 17.8 Å². The number of pyridine rings is 1. The Balaban J connectivity index is 0.00000441. The zero-order valence-electron chi connectivity index (χ0n) is 23.3. The fourth-order valence-corrected chi connectivity index (χ4v) is 4.57. The van der Waals surface area contributed by atoms with E-state index in [0.717, 1.165) is 65.2 Å². The van der Waals surface area contributed by atoms with E-state index in [1.54, 1.807) is 7.11 Å². The van der Waals surface area contributed by atoms with Crippen molar-refractivity contribution in [1.29, 1.82) is 5.26 Å². The standard InChI is InChI=1S/C34H35FN3O.HI/c1-37(23-7-5-4-6-22-36)31-17-8-26(9-18-31)10-19-32-24-29(27-13-20-33(39-3)21-14-27)25-34(38(32)2)28-11-15-30(35)16-12-28;/h8-21,24-25H,4-7,23H2,1-3H3;1H/q+1;/p-1. The SMILES string of the molecule is COc1ccc(-c2cc(C=Cc3ccc(N(C)CCCCCC#N)cc3)[n+](C)c(-c3ccc(F)cc3)c2)cc1.[I-]. The Morgan fingerprint density at radius 3 is 2.17 bits per heavy atom. The number of hydrogen-bond acceptors (Lipinski definition) is 3. The fraction of sp³-hybridized carbons (Fsp3) is 0.235. The van der Waals surface area contributed by atoms with Crippen LogP contribution in [0.2, 0.25) is 0 Å². The minimum atomic E-state index is -0.249. The first-order valence-electron chi connectivity index (χ1n) is 13.3. The summed E-state index contributed by atoms with van der Waals surface area (Å²) >= 11 is 0. The second kappa shape index (κ2) is 15.2. The smallest absolute Gasteiger partial charge is 0.213 e. The molecule has 40 heavy (non-hydrogen) atoms. The Bertz CT molecular complexity index is 1440. The number of anilines is 1. The van der Waals surface area contributed by atoms with Gasteiger partial charge in [-0.25, -0.2) is 4.39 Å². The molecule has 0 aliphatic heterocycles. The molecule has 0 bridgehead atoms. The van der Waals surface area contributed by atoms with Crippen LogP contribution in [0.5, 0.6) is 5.75 Å². The van der Waals surface area contributed by atoms with Crippen molar-refractivity contribution in [3.63, 3.8) is 0 Å². The molecule has 0 unspecified atom stereocenters. The number of methoxy groups -OCH3 is 1. The summed E-state index contributed by atoms with van der Waals surface area (Å²) in [7, 11) is 5.80. The lowest BCUT2D eigenvalue weighted by molar-refractivity contribution is -0.662. The molecular formula is C34H35FIN3O. The molecule has 0 amide bonds. The molecule has 0 saturated heterocycles. The molecule has 0 atom stereocenters. The average Bonchev–Trinajstić information content (AvgIpc) is 2.97. The third-order valence-electron chi connectivity index (χ3n) is 6.97. The summed E-state index contributed by atoms with van der Waals surface area (Å²) in [6.45, 7) is 0.973. The zero-order chi connectivity index (χ0) is 27.6. The first kappa shape index (κ1) is 30.8. The van der Waals surface area contributed by atoms with Gasteiger partial charge in [0.1, 0.15) is 18.6 Å². The van der Waals surface area contributed by atoms with Crippen LogP contribution in [0, 0.1) is 17.1 Å². The van der Waals surface area contributed by atoms with Crippen LogP contribution in [-0.2, 0) is 7.05 Å². The second-order valence-electron chi connectivity index (χ2n) is 9.66. The Kier molecular flexibility index (Phi) is 11.7. The highest BCUT2D eigenvalue weighted by Gasteiger charge is 2.17. The van der Waals surface area contributed by atoms with Gasteiger partial charge in [-0.15, -0.1) is 0 Å². The normalized spacial score (nSPS) is 10.7. The molecule has 0 aliphatic carbocycles. The number of benzene rings is 3. The lowest BCUT2D eigenvalue weighted by atomic mass is 10.0. The summed E-state index contributed by atoms with van der Waals surface area (Å²) in [5.41, 5.74) is 7.41. The number of halogens is 2. The number of nitrogens with zero attached hydrogens (tertiary/aromatic N) is 3. The van der Waals surface area contributed by atoms with Crippen LogP contribution in [0.3, 0.4) is 0 Å². The van der Waals surface area contributed by atoms with Crippen molar-refractivity contribution in [2.45, 2.75) is 25.7 Å². The first-order chi connectivity index (χ1) is 19.0. The molecule has 0 saturated carbocycles. The quantitative estimate of drug-likeness (QED) is 0.135. The summed E-state index contributed by atoms with van der Waals surface area (Å²) in [6.07, 6.45) is 7.99. The Morgan fingerprint density at radius 2 is 1.52 bits per heavy atom. The summed E-state index contributed by atoms with van der Waals surface area (Å²) in [5, 5.41) is 8.68. The van der Waals surface area contributed by atoms with Crippen LogP contribution in [-0.4, -0.2) is 20.7 Å². The zero-order valence-corrected chi connectivity index (χ0v) is 25.4. The van der Waals surface area contributed by atoms with Crippen molar-refractivity contribution in [3.8, 4) is 34.2 Å². The molecule has 6 heteroatoms. The second-order valence-corrected chi connectivity index (χ2v) is 9.66. The molecule has 0 radical (unpaired) electrons. The van der Waals surface area contributed by atoms with E-state index in [1.807, 2.05) is 31.3 Å². The minimum absolute atomic E-state index is 0. The van der Waals surface area contributed by atoms with Gasteiger partial charge in [0, 0.05) is 49.5 Å². The third kappa shape index (κ3) is 8.15. The highest BCUT2D eigenvalue weighted by atomic mass is 127. The van der Waals surface area contributed by atoms with Gasteiger partial charge < -0.3 is 33.6 Å². The van der Waals surface area contributed by atoms with Gasteiger partial charge in [-0.2, -0.15) is 9.83 Å². The molecule has 0 N–H and O–H groups in total. The Hall–Kier alpha value is -3.70. The van der Waals surface area contributed by atoms with Gasteiger partial charge >= 0.3 is 0 Å². The average molecular weight is 648 g/mol. The predicted octanol–water partition coefficient (Wildman–Crippen LogP) is 4.69. The molecule has 0 spiro atoms. The van der Waals surface area contributed by atoms with Crippen molar-refractivity contribution < 1.29 is 37.7 Å². The molecular weight excluding hydrogens is 612 g/mol. The van der Waals surface area contributed by atoms with E-state index in [4.69, 9.17) is 10.00 Å². The lowest BCUT2D eigenvalue weighted by Gasteiger charge is -2.19. The molecule has 1 aromatic heterocycles. The number of ether oxygens (including phenoxy) is 1. The maximum Gasteiger partial charge on any atom is 0.213 e. The third-order valence-corrected chi connectivity index (χ3v) is 6.97. The van der Waals surface area contributed by atoms with E-state index in [-0.39, 0.29) is 29.8 Å². The summed E-state index contributed by atoms with van der Waals surface area (Å²) in [5.74, 6) is 0.563. The van der Waals surface area contributed by atoms with Crippen LogP contribution in [0.1, 0.15) is 36.9 Å². The number of aromatic nitrogens is 1. The van der Waals surface area contributed by atoms with Crippen LogP contribution in [0.25, 0.3) is 34.5 Å². The molecule has 4 rings (SSSR count). The maximum atomic E-state index is 13.6. The number of rotatable bonds is 11. The Labute approximate surface area is 254 Å². The van der Waals surface area contributed by atoms with Crippen molar-refractivity contribution in [1.82, 2.24) is 0 Å². The van der Waals surface area contributed by atoms with E-state index in [0.29, 0.717) is 6.42 Å². The van der Waals surface area contributed by atoms with Crippen LogP contribution in [0.4, 0.5) is 10.1 Å². The minimum Gasteiger partial charge on any atom is -1.00 e. The molecule has 206 valence electrons. The highest BCUT2D eigenvalue weighted by Crippen LogP contribution is 2.27. The fourth-order valence-electron chi connectivity index (χ4n) is 4.57. The van der Waals surface area contributed by atoms with E-state index >= 15 is 0 Å². The van der Waals surface area contributed by atoms with Gasteiger partial charge in [0.2, 0.25) is 11.4 Å². The van der Waals surface area contributed by atoms with Gasteiger partial charge in [-0.1, -0.05) is 30.7 Å². The first-order valence-corrected chi connectivity index (χ1v) is 13.3. The van der Waals surface area contributed by atoms with Crippen LogP contribution in [0.15, 0.2) is 84.9 Å². The topological polar surface area (TPSA) is 40.1 Å². The van der Waals surface area contributed by atoms with E-state index < -0.39 is 0 Å². The molecule has 0 aliphatic rings. The maximum absolute atomic E-state index is 13.6. The van der Waals surface area contributed by atoms with Crippen molar-refractivity contribution in [2.75, 3.05) is 25.6 Å². The number of nitriles is 1. The number of unbranched alkanes of at least 4 members (excludes halogenated alkanes) is 3. The van der Waals surface area contributed by atoms with Gasteiger partial charge in [-0.3, -0.25) is 0 Å². The van der Waals surface area contributed by atoms with Crippen molar-refractivity contribution in [3.05, 3.63) is 102 Å². The van der Waals surface area contributed by atoms with Gasteiger partial charge in [0.15, 0.2) is 0 Å². The van der Waals surface area contributed by atoms with E-state index in [1.165, 1.54) is 17.8 Å². The summed E-state index contributed by atoms with van der Waals surface area (Å²) in [6, 6.07) is 29.7. The van der Waals surface area contributed by atoms with Gasteiger partial charge in [0.05, 0.1) is 13.2 Å². The molecule has 4 aromatic rings. The molecule has 3 aromatic carbocycles. The molecule has 4 nitrogen and oxygen atoms in total. The van der Waals surface area contributed by atoms with Gasteiger partial charge in [0.25, 0.3) is 0 Å². The van der Waals surface area contributed by atoms with E-state index in [2.05, 4.69) is 83.3 Å². The summed E-state index contributed by atoms with van der Waals surface area (Å²) < 4.78 is 21.1. The van der Waals surface area contributed by atoms with E-state index in [9.17, 15) is 4.39 Å². The lowest BCUT2D eigenvalue weighted by Crippen LogP contribution is -3.00. The molecule has 1 heterocycles. The van der Waals surface area contributed by atoms with Crippen molar-refractivity contribution in [2.24, 2.45) is 7.05 Å². The largest absolute Gasteiger partial charge is 1.00 e. The number of hydrogen-bond donors (Lipinski definition) is 0. The van der Waals surface area contributed by atoms with Crippen LogP contribution >= 0.6 is 0 Å². The molecule has 0 fully saturated rings. The summed E-state index contributed by atoms with van der Waals surface area (Å²) in [4.78, 5) is 2.26. The van der Waals surface area contributed by atoms with Gasteiger partial charge in [-0.05, 0) is 84.1 Å².